The minimum Gasteiger partial charge on any atom is -0.324 e. The summed E-state index contributed by atoms with van der Waals surface area (Å²) in [4.78, 5) is 5.41. The maximum atomic E-state index is 6.12. The first-order valence-corrected chi connectivity index (χ1v) is 6.42. The van der Waals surface area contributed by atoms with Crippen LogP contribution in [0.1, 0.15) is 29.3 Å². The lowest BCUT2D eigenvalue weighted by Gasteiger charge is -2.10. The molecule has 1 atom stereocenters. The van der Waals surface area contributed by atoms with Gasteiger partial charge in [-0.05, 0) is 24.8 Å². The van der Waals surface area contributed by atoms with Crippen LogP contribution < -0.4 is 5.73 Å². The van der Waals surface area contributed by atoms with Crippen LogP contribution in [-0.2, 0) is 6.42 Å². The molecule has 2 N–H and O–H groups in total. The maximum Gasteiger partial charge on any atom is 0.0794 e. The van der Waals surface area contributed by atoms with Gasteiger partial charge >= 0.3 is 0 Å². The number of benzene rings is 1. The minimum atomic E-state index is 0.161. The third-order valence-electron chi connectivity index (χ3n) is 2.65. The lowest BCUT2D eigenvalue weighted by molar-refractivity contribution is 0.613. The van der Waals surface area contributed by atoms with Gasteiger partial charge in [-0.15, -0.1) is 11.3 Å². The number of hydrogen-bond acceptors (Lipinski definition) is 3. The largest absolute Gasteiger partial charge is 0.324 e. The fourth-order valence-electron chi connectivity index (χ4n) is 1.73. The summed E-state index contributed by atoms with van der Waals surface area (Å²) in [6.45, 7) is 0. The van der Waals surface area contributed by atoms with Gasteiger partial charge in [-0.1, -0.05) is 30.3 Å². The lowest BCUT2D eigenvalue weighted by Crippen LogP contribution is -2.10. The first kappa shape index (κ1) is 11.3. The Morgan fingerprint density at radius 2 is 2.06 bits per heavy atom. The number of nitrogens with zero attached hydrogens (tertiary/aromatic N) is 1. The Kier molecular flexibility index (Phi) is 4.08. The molecule has 1 unspecified atom stereocenters. The lowest BCUT2D eigenvalue weighted by atomic mass is 10.0. The number of aromatic nitrogens is 1. The smallest absolute Gasteiger partial charge is 0.0794 e. The average molecular weight is 232 g/mol. The van der Waals surface area contributed by atoms with E-state index in [-0.39, 0.29) is 6.04 Å². The zero-order valence-corrected chi connectivity index (χ0v) is 9.99. The molecule has 0 aliphatic rings. The van der Waals surface area contributed by atoms with Gasteiger partial charge in [0.05, 0.1) is 5.51 Å². The van der Waals surface area contributed by atoms with Gasteiger partial charge in [0.1, 0.15) is 0 Å². The SMILES string of the molecule is NC(CCCc1cncs1)c1ccccc1. The zero-order chi connectivity index (χ0) is 11.2. The van der Waals surface area contributed by atoms with Gasteiger partial charge in [-0.25, -0.2) is 0 Å². The Bertz CT molecular complexity index is 397. The number of rotatable bonds is 5. The first-order valence-electron chi connectivity index (χ1n) is 5.54. The van der Waals surface area contributed by atoms with E-state index in [4.69, 9.17) is 5.73 Å². The number of hydrogen-bond donors (Lipinski definition) is 1. The Morgan fingerprint density at radius 3 is 2.75 bits per heavy atom. The van der Waals surface area contributed by atoms with Crippen LogP contribution in [-0.4, -0.2) is 4.98 Å². The Hall–Kier alpha value is -1.19. The van der Waals surface area contributed by atoms with Gasteiger partial charge < -0.3 is 5.73 Å². The van der Waals surface area contributed by atoms with Crippen molar-refractivity contribution in [3.8, 4) is 0 Å². The van der Waals surface area contributed by atoms with Crippen molar-refractivity contribution in [1.82, 2.24) is 4.98 Å². The molecule has 2 nitrogen and oxygen atoms in total. The fourth-order valence-corrected chi connectivity index (χ4v) is 2.37. The topological polar surface area (TPSA) is 38.9 Å². The molecule has 0 bridgehead atoms. The van der Waals surface area contributed by atoms with Crippen molar-refractivity contribution in [3.05, 3.63) is 52.5 Å². The van der Waals surface area contributed by atoms with Gasteiger partial charge in [-0.2, -0.15) is 0 Å². The molecular weight excluding hydrogens is 216 g/mol. The van der Waals surface area contributed by atoms with E-state index in [0.29, 0.717) is 0 Å². The van der Waals surface area contributed by atoms with Crippen LogP contribution in [0.3, 0.4) is 0 Å². The van der Waals surface area contributed by atoms with Crippen molar-refractivity contribution < 1.29 is 0 Å². The van der Waals surface area contributed by atoms with Crippen LogP contribution in [0.25, 0.3) is 0 Å². The van der Waals surface area contributed by atoms with Crippen molar-refractivity contribution in [2.45, 2.75) is 25.3 Å². The van der Waals surface area contributed by atoms with E-state index in [1.54, 1.807) is 11.3 Å². The summed E-state index contributed by atoms with van der Waals surface area (Å²) < 4.78 is 0. The minimum absolute atomic E-state index is 0.161. The molecule has 2 aromatic rings. The van der Waals surface area contributed by atoms with E-state index in [1.165, 1.54) is 10.4 Å². The normalized spacial score (nSPS) is 12.6. The summed E-state index contributed by atoms with van der Waals surface area (Å²) in [6.07, 6.45) is 5.18. The first-order chi connectivity index (χ1) is 7.86. The summed E-state index contributed by atoms with van der Waals surface area (Å²) in [5.74, 6) is 0. The fraction of sp³-hybridized carbons (Fsp3) is 0.308. The summed E-state index contributed by atoms with van der Waals surface area (Å²) in [6, 6.07) is 10.5. The predicted octanol–water partition coefficient (Wildman–Crippen LogP) is 3.17. The van der Waals surface area contributed by atoms with E-state index < -0.39 is 0 Å². The van der Waals surface area contributed by atoms with Crippen LogP contribution in [0, 0.1) is 0 Å². The highest BCUT2D eigenvalue weighted by atomic mass is 32.1. The number of thiazole rings is 1. The molecule has 84 valence electrons. The average Bonchev–Trinajstić information content (AvgIpc) is 2.83. The Balaban J connectivity index is 1.78. The molecule has 3 heteroatoms. The van der Waals surface area contributed by atoms with Crippen LogP contribution in [0.15, 0.2) is 42.0 Å². The summed E-state index contributed by atoms with van der Waals surface area (Å²) in [7, 11) is 0. The van der Waals surface area contributed by atoms with Crippen LogP contribution >= 0.6 is 11.3 Å². The molecule has 0 saturated carbocycles. The monoisotopic (exact) mass is 232 g/mol. The van der Waals surface area contributed by atoms with Crippen molar-refractivity contribution in [3.63, 3.8) is 0 Å². The van der Waals surface area contributed by atoms with E-state index in [0.717, 1.165) is 19.3 Å². The van der Waals surface area contributed by atoms with Crippen LogP contribution in [0.5, 0.6) is 0 Å². The highest BCUT2D eigenvalue weighted by molar-refractivity contribution is 7.09. The van der Waals surface area contributed by atoms with Crippen LogP contribution in [0.2, 0.25) is 0 Å². The maximum absolute atomic E-state index is 6.12. The summed E-state index contributed by atoms with van der Waals surface area (Å²) in [5.41, 5.74) is 9.23. The molecule has 2 rings (SSSR count). The van der Waals surface area contributed by atoms with E-state index in [1.807, 2.05) is 29.9 Å². The number of aryl methyl sites for hydroxylation is 1. The molecule has 1 aromatic heterocycles. The molecule has 0 amide bonds. The van der Waals surface area contributed by atoms with Crippen molar-refractivity contribution in [1.29, 1.82) is 0 Å². The van der Waals surface area contributed by atoms with E-state index in [9.17, 15) is 0 Å². The second-order valence-electron chi connectivity index (χ2n) is 3.88. The second-order valence-corrected chi connectivity index (χ2v) is 4.85. The van der Waals surface area contributed by atoms with E-state index in [2.05, 4.69) is 17.1 Å². The molecular formula is C13H16N2S. The predicted molar refractivity (Wildman–Crippen MR) is 68.4 cm³/mol. The van der Waals surface area contributed by atoms with Gasteiger partial charge in [0, 0.05) is 17.1 Å². The van der Waals surface area contributed by atoms with E-state index >= 15 is 0 Å². The molecule has 0 spiro atoms. The Morgan fingerprint density at radius 1 is 1.25 bits per heavy atom. The zero-order valence-electron chi connectivity index (χ0n) is 9.17. The Labute approximate surface area is 100 Å². The third-order valence-corrected chi connectivity index (χ3v) is 3.49. The van der Waals surface area contributed by atoms with Gasteiger partial charge in [0.2, 0.25) is 0 Å². The molecule has 0 aliphatic heterocycles. The van der Waals surface area contributed by atoms with Gasteiger partial charge in [0.25, 0.3) is 0 Å². The quantitative estimate of drug-likeness (QED) is 0.860. The highest BCUT2D eigenvalue weighted by Crippen LogP contribution is 2.17. The molecule has 0 radical (unpaired) electrons. The second kappa shape index (κ2) is 5.77. The van der Waals surface area contributed by atoms with Gasteiger partial charge in [0.15, 0.2) is 0 Å². The van der Waals surface area contributed by atoms with Crippen LogP contribution in [0.4, 0.5) is 0 Å². The van der Waals surface area contributed by atoms with Crippen molar-refractivity contribution in [2.24, 2.45) is 5.73 Å². The molecule has 0 saturated heterocycles. The molecule has 1 heterocycles. The molecule has 0 aliphatic carbocycles. The molecule has 0 fully saturated rings. The standard InChI is InChI=1S/C13H16N2S/c14-13(11-5-2-1-3-6-11)8-4-7-12-9-15-10-16-12/h1-3,5-6,9-10,13H,4,7-8,14H2. The summed E-state index contributed by atoms with van der Waals surface area (Å²) >= 11 is 1.72. The van der Waals surface area contributed by atoms with Crippen molar-refractivity contribution >= 4 is 11.3 Å². The molecule has 1 aromatic carbocycles. The summed E-state index contributed by atoms with van der Waals surface area (Å²) in [5, 5.41) is 0. The highest BCUT2D eigenvalue weighted by Gasteiger charge is 2.05. The van der Waals surface area contributed by atoms with Gasteiger partial charge in [-0.3, -0.25) is 4.98 Å². The third kappa shape index (κ3) is 3.15. The van der Waals surface area contributed by atoms with Crippen molar-refractivity contribution in [2.75, 3.05) is 0 Å². The molecule has 16 heavy (non-hydrogen) atoms. The number of nitrogens with two attached hydrogens (primary N) is 1.